The zero-order valence-corrected chi connectivity index (χ0v) is 16.3. The quantitative estimate of drug-likeness (QED) is 0.720. The number of rotatable bonds is 5. The van der Waals surface area contributed by atoms with Gasteiger partial charge >= 0.3 is 5.97 Å². The molecule has 1 aliphatic rings. The normalized spacial score (nSPS) is 21.2. The molecule has 4 rings (SSSR count). The first kappa shape index (κ1) is 18.7. The number of carbonyl (C=O) groups is 1. The van der Waals surface area contributed by atoms with Crippen molar-refractivity contribution in [1.82, 2.24) is 9.80 Å². The molecule has 1 saturated heterocycles. The summed E-state index contributed by atoms with van der Waals surface area (Å²) in [6, 6.07) is 18.5. The molecule has 0 saturated carbocycles. The lowest BCUT2D eigenvalue weighted by Crippen LogP contribution is -2.55. The number of hydrogen-bond donors (Lipinski definition) is 1. The van der Waals surface area contributed by atoms with Gasteiger partial charge in [0, 0.05) is 37.1 Å². The molecule has 5 heteroatoms. The minimum Gasteiger partial charge on any atom is -0.478 e. The van der Waals surface area contributed by atoms with Crippen LogP contribution in [0.3, 0.4) is 0 Å². The summed E-state index contributed by atoms with van der Waals surface area (Å²) in [6.07, 6.45) is 0. The van der Waals surface area contributed by atoms with Gasteiger partial charge in [-0.2, -0.15) is 0 Å². The van der Waals surface area contributed by atoms with Gasteiger partial charge in [-0.3, -0.25) is 9.80 Å². The van der Waals surface area contributed by atoms with Crippen LogP contribution in [0.15, 0.2) is 59.0 Å². The molecule has 2 aromatic carbocycles. The fourth-order valence-electron chi connectivity index (χ4n) is 4.23. The number of nitrogens with zero attached hydrogens (tertiary/aromatic N) is 2. The van der Waals surface area contributed by atoms with Crippen LogP contribution in [0.5, 0.6) is 0 Å². The van der Waals surface area contributed by atoms with Gasteiger partial charge in [-0.1, -0.05) is 30.3 Å². The number of hydrogen-bond acceptors (Lipinski definition) is 4. The van der Waals surface area contributed by atoms with Crippen LogP contribution >= 0.6 is 0 Å². The fraction of sp³-hybridized carbons (Fsp3) is 0.348. The Hall–Kier alpha value is -2.63. The standard InChI is InChI=1S/C23H26N2O3/c1-16-12-24(13-17(2)25(16)14-18-6-4-3-5-7-18)15-21-11-20-10-19(23(26)27)8-9-22(20)28-21/h3-11,16-17H,12-15H2,1-2H3,(H,26,27)/t16-,17+. The summed E-state index contributed by atoms with van der Waals surface area (Å²) in [5.41, 5.74) is 2.38. The van der Waals surface area contributed by atoms with Gasteiger partial charge in [0.05, 0.1) is 12.1 Å². The summed E-state index contributed by atoms with van der Waals surface area (Å²) in [5, 5.41) is 10.0. The fourth-order valence-corrected chi connectivity index (χ4v) is 4.23. The second-order valence-corrected chi connectivity index (χ2v) is 7.82. The van der Waals surface area contributed by atoms with E-state index in [-0.39, 0.29) is 5.56 Å². The number of aromatic carboxylic acids is 1. The van der Waals surface area contributed by atoms with Crippen LogP contribution in [-0.4, -0.2) is 46.0 Å². The summed E-state index contributed by atoms with van der Waals surface area (Å²) in [4.78, 5) is 16.1. The Morgan fingerprint density at radius 3 is 2.43 bits per heavy atom. The second kappa shape index (κ2) is 7.78. The van der Waals surface area contributed by atoms with Crippen molar-refractivity contribution in [1.29, 1.82) is 0 Å². The van der Waals surface area contributed by atoms with Crippen molar-refractivity contribution in [2.24, 2.45) is 0 Å². The highest BCUT2D eigenvalue weighted by atomic mass is 16.4. The second-order valence-electron chi connectivity index (χ2n) is 7.82. The maximum atomic E-state index is 11.2. The SMILES string of the molecule is C[C@@H]1CN(Cc2cc3cc(C(=O)O)ccc3o2)C[C@H](C)N1Cc1ccccc1. The predicted octanol–water partition coefficient (Wildman–Crippen LogP) is 4.23. The minimum absolute atomic E-state index is 0.289. The minimum atomic E-state index is -0.915. The average molecular weight is 378 g/mol. The lowest BCUT2D eigenvalue weighted by Gasteiger charge is -2.44. The number of piperazine rings is 1. The van der Waals surface area contributed by atoms with Crippen molar-refractivity contribution < 1.29 is 14.3 Å². The average Bonchev–Trinajstić information content (AvgIpc) is 3.07. The molecular formula is C23H26N2O3. The Kier molecular flexibility index (Phi) is 5.20. The Labute approximate surface area is 165 Å². The molecule has 1 N–H and O–H groups in total. The van der Waals surface area contributed by atoms with Gasteiger partial charge in [0.1, 0.15) is 11.3 Å². The highest BCUT2D eigenvalue weighted by molar-refractivity contribution is 5.93. The molecule has 28 heavy (non-hydrogen) atoms. The Morgan fingerprint density at radius 2 is 1.75 bits per heavy atom. The largest absolute Gasteiger partial charge is 0.478 e. The first-order valence-corrected chi connectivity index (χ1v) is 9.77. The lowest BCUT2D eigenvalue weighted by atomic mass is 10.1. The van der Waals surface area contributed by atoms with E-state index >= 15 is 0 Å². The molecule has 2 heterocycles. The molecule has 3 aromatic rings. The first-order chi connectivity index (χ1) is 13.5. The summed E-state index contributed by atoms with van der Waals surface area (Å²) < 4.78 is 5.95. The van der Waals surface area contributed by atoms with Crippen molar-refractivity contribution in [3.8, 4) is 0 Å². The molecule has 5 nitrogen and oxygen atoms in total. The van der Waals surface area contributed by atoms with Gasteiger partial charge in [0.25, 0.3) is 0 Å². The van der Waals surface area contributed by atoms with E-state index in [0.29, 0.717) is 12.1 Å². The van der Waals surface area contributed by atoms with Crippen molar-refractivity contribution in [2.75, 3.05) is 13.1 Å². The van der Waals surface area contributed by atoms with E-state index in [4.69, 9.17) is 9.52 Å². The van der Waals surface area contributed by atoms with Crippen LogP contribution in [0.2, 0.25) is 0 Å². The molecule has 0 unspecified atom stereocenters. The molecule has 1 aromatic heterocycles. The van der Waals surface area contributed by atoms with E-state index < -0.39 is 5.97 Å². The smallest absolute Gasteiger partial charge is 0.335 e. The van der Waals surface area contributed by atoms with Crippen LogP contribution in [0.1, 0.15) is 35.5 Å². The maximum absolute atomic E-state index is 11.2. The molecule has 0 spiro atoms. The molecule has 0 radical (unpaired) electrons. The molecule has 0 amide bonds. The number of fused-ring (bicyclic) bond motifs is 1. The Balaban J connectivity index is 1.43. The van der Waals surface area contributed by atoms with Crippen LogP contribution in [-0.2, 0) is 13.1 Å². The molecule has 1 fully saturated rings. The number of benzene rings is 2. The van der Waals surface area contributed by atoms with Gasteiger partial charge in [-0.05, 0) is 43.7 Å². The van der Waals surface area contributed by atoms with Crippen molar-refractivity contribution in [3.63, 3.8) is 0 Å². The third kappa shape index (κ3) is 3.96. The Morgan fingerprint density at radius 1 is 1.04 bits per heavy atom. The summed E-state index contributed by atoms with van der Waals surface area (Å²) in [6.45, 7) is 8.24. The zero-order valence-electron chi connectivity index (χ0n) is 16.3. The number of carboxylic acid groups (broad SMARTS) is 1. The number of carboxylic acids is 1. The predicted molar refractivity (Wildman–Crippen MR) is 109 cm³/mol. The van der Waals surface area contributed by atoms with Crippen molar-refractivity contribution >= 4 is 16.9 Å². The van der Waals surface area contributed by atoms with E-state index in [9.17, 15) is 4.79 Å². The molecule has 1 aliphatic heterocycles. The van der Waals surface area contributed by atoms with Crippen molar-refractivity contribution in [2.45, 2.75) is 39.0 Å². The highest BCUT2D eigenvalue weighted by Gasteiger charge is 2.29. The van der Waals surface area contributed by atoms with Crippen LogP contribution in [0.25, 0.3) is 11.0 Å². The third-order valence-electron chi connectivity index (χ3n) is 5.58. The monoisotopic (exact) mass is 378 g/mol. The molecule has 2 atom stereocenters. The van der Waals surface area contributed by atoms with E-state index in [0.717, 1.165) is 42.9 Å². The third-order valence-corrected chi connectivity index (χ3v) is 5.58. The lowest BCUT2D eigenvalue weighted by molar-refractivity contribution is 0.0263. The van der Waals surface area contributed by atoms with E-state index in [1.165, 1.54) is 5.56 Å². The van der Waals surface area contributed by atoms with E-state index in [2.05, 4.69) is 54.0 Å². The zero-order chi connectivity index (χ0) is 19.7. The van der Waals surface area contributed by atoms with Gasteiger partial charge in [-0.25, -0.2) is 4.79 Å². The highest BCUT2D eigenvalue weighted by Crippen LogP contribution is 2.25. The summed E-state index contributed by atoms with van der Waals surface area (Å²) in [5.74, 6) is -0.0321. The van der Waals surface area contributed by atoms with Gasteiger partial charge in [0.15, 0.2) is 0 Å². The molecule has 0 bridgehead atoms. The molecular weight excluding hydrogens is 352 g/mol. The topological polar surface area (TPSA) is 56.9 Å². The molecule has 146 valence electrons. The molecule has 0 aliphatic carbocycles. The van der Waals surface area contributed by atoms with Gasteiger partial charge in [0.2, 0.25) is 0 Å². The Bertz CT molecular complexity index is 954. The van der Waals surface area contributed by atoms with Gasteiger partial charge < -0.3 is 9.52 Å². The number of furan rings is 1. The summed E-state index contributed by atoms with van der Waals surface area (Å²) in [7, 11) is 0. The maximum Gasteiger partial charge on any atom is 0.335 e. The first-order valence-electron chi connectivity index (χ1n) is 9.77. The van der Waals surface area contributed by atoms with E-state index in [1.807, 2.05) is 6.07 Å². The van der Waals surface area contributed by atoms with Crippen molar-refractivity contribution in [3.05, 3.63) is 71.5 Å². The summed E-state index contributed by atoms with van der Waals surface area (Å²) >= 11 is 0. The van der Waals surface area contributed by atoms with Crippen LogP contribution < -0.4 is 0 Å². The van der Waals surface area contributed by atoms with E-state index in [1.54, 1.807) is 18.2 Å². The van der Waals surface area contributed by atoms with Crippen LogP contribution in [0, 0.1) is 0 Å². The van der Waals surface area contributed by atoms with Gasteiger partial charge in [-0.15, -0.1) is 0 Å². The van der Waals surface area contributed by atoms with Crippen LogP contribution in [0.4, 0.5) is 0 Å².